The van der Waals surface area contributed by atoms with Crippen LogP contribution in [0.4, 0.5) is 5.69 Å². The van der Waals surface area contributed by atoms with Crippen molar-refractivity contribution in [3.63, 3.8) is 0 Å². The Hall–Kier alpha value is -1.96. The molecule has 1 amide bonds. The fourth-order valence-corrected chi connectivity index (χ4v) is 2.92. The number of nitrogens with zero attached hydrogens (tertiary/aromatic N) is 4. The van der Waals surface area contributed by atoms with Gasteiger partial charge in [-0.05, 0) is 26.7 Å². The highest BCUT2D eigenvalue weighted by molar-refractivity contribution is 5.76. The second-order valence-corrected chi connectivity index (χ2v) is 5.37. The Kier molecular flexibility index (Phi) is 4.56. The average molecular weight is 295 g/mol. The molecular weight excluding hydrogens is 274 g/mol. The van der Waals surface area contributed by atoms with Gasteiger partial charge in [-0.3, -0.25) is 19.6 Å². The van der Waals surface area contributed by atoms with Crippen LogP contribution in [0.2, 0.25) is 0 Å². The van der Waals surface area contributed by atoms with Crippen LogP contribution in [0.5, 0.6) is 0 Å². The number of carbonyl (C=O) groups is 1. The number of rotatable bonds is 5. The molecular formula is C13H21N5O3. The van der Waals surface area contributed by atoms with Crippen molar-refractivity contribution in [3.8, 4) is 0 Å². The van der Waals surface area contributed by atoms with Gasteiger partial charge in [-0.15, -0.1) is 0 Å². The second kappa shape index (κ2) is 6.21. The standard InChI is InChI=1S/C13H21N5O3/c1-9-13(18(20)21)10(2)17(15-9)7-5-12(19)16-6-3-4-11(16)8-14/h11H,3-8,14H2,1-2H3. The smallest absolute Gasteiger partial charge is 0.312 e. The summed E-state index contributed by atoms with van der Waals surface area (Å²) in [5.41, 5.74) is 6.56. The monoisotopic (exact) mass is 295 g/mol. The molecule has 1 atom stereocenters. The van der Waals surface area contributed by atoms with Crippen LogP contribution in [0.15, 0.2) is 0 Å². The van der Waals surface area contributed by atoms with Crippen molar-refractivity contribution >= 4 is 11.6 Å². The van der Waals surface area contributed by atoms with Crippen LogP contribution in [0.25, 0.3) is 0 Å². The Morgan fingerprint density at radius 2 is 2.24 bits per heavy atom. The van der Waals surface area contributed by atoms with Crippen LogP contribution in [-0.4, -0.2) is 44.6 Å². The molecule has 2 heterocycles. The Bertz CT molecular complexity index is 554. The third-order valence-corrected chi connectivity index (χ3v) is 4.03. The van der Waals surface area contributed by atoms with Gasteiger partial charge in [0.25, 0.3) is 0 Å². The number of carbonyl (C=O) groups excluding carboxylic acids is 1. The Morgan fingerprint density at radius 1 is 1.52 bits per heavy atom. The number of likely N-dealkylation sites (tertiary alicyclic amines) is 1. The van der Waals surface area contributed by atoms with Crippen molar-refractivity contribution < 1.29 is 9.72 Å². The number of nitrogens with two attached hydrogens (primary N) is 1. The zero-order valence-electron chi connectivity index (χ0n) is 12.4. The van der Waals surface area contributed by atoms with Crippen LogP contribution >= 0.6 is 0 Å². The lowest BCUT2D eigenvalue weighted by Gasteiger charge is -2.23. The maximum Gasteiger partial charge on any atom is 0.312 e. The lowest BCUT2D eigenvalue weighted by Crippen LogP contribution is -2.40. The van der Waals surface area contributed by atoms with E-state index in [2.05, 4.69) is 5.10 Å². The van der Waals surface area contributed by atoms with E-state index in [9.17, 15) is 14.9 Å². The normalized spacial score (nSPS) is 18.2. The zero-order valence-corrected chi connectivity index (χ0v) is 12.4. The summed E-state index contributed by atoms with van der Waals surface area (Å²) in [5, 5.41) is 15.1. The molecule has 8 nitrogen and oxygen atoms in total. The highest BCUT2D eigenvalue weighted by atomic mass is 16.6. The molecule has 1 fully saturated rings. The van der Waals surface area contributed by atoms with Crippen molar-refractivity contribution in [1.82, 2.24) is 14.7 Å². The van der Waals surface area contributed by atoms with Crippen molar-refractivity contribution in [2.24, 2.45) is 5.73 Å². The first-order chi connectivity index (χ1) is 9.95. The molecule has 1 unspecified atom stereocenters. The van der Waals surface area contributed by atoms with Gasteiger partial charge in [-0.2, -0.15) is 5.10 Å². The number of aryl methyl sites for hydroxylation is 2. The van der Waals surface area contributed by atoms with Gasteiger partial charge in [0.15, 0.2) is 0 Å². The summed E-state index contributed by atoms with van der Waals surface area (Å²) < 4.78 is 1.54. The molecule has 1 aromatic heterocycles. The first kappa shape index (κ1) is 15.4. The van der Waals surface area contributed by atoms with E-state index in [1.54, 1.807) is 18.5 Å². The molecule has 0 spiro atoms. The van der Waals surface area contributed by atoms with Crippen LogP contribution < -0.4 is 5.73 Å². The number of aromatic nitrogens is 2. The van der Waals surface area contributed by atoms with Gasteiger partial charge in [-0.25, -0.2) is 0 Å². The molecule has 0 aliphatic carbocycles. The highest BCUT2D eigenvalue weighted by Crippen LogP contribution is 2.22. The van der Waals surface area contributed by atoms with E-state index in [4.69, 9.17) is 5.73 Å². The lowest BCUT2D eigenvalue weighted by molar-refractivity contribution is -0.386. The van der Waals surface area contributed by atoms with E-state index in [-0.39, 0.29) is 24.1 Å². The molecule has 8 heteroatoms. The van der Waals surface area contributed by atoms with Gasteiger partial charge in [0.05, 0.1) is 11.5 Å². The Balaban J connectivity index is 2.02. The fourth-order valence-electron chi connectivity index (χ4n) is 2.92. The van der Waals surface area contributed by atoms with Gasteiger partial charge < -0.3 is 10.6 Å². The average Bonchev–Trinajstić information content (AvgIpc) is 3.00. The number of hydrogen-bond donors (Lipinski definition) is 1. The summed E-state index contributed by atoms with van der Waals surface area (Å²) in [5.74, 6) is 0.0400. The quantitative estimate of drug-likeness (QED) is 0.637. The summed E-state index contributed by atoms with van der Waals surface area (Å²) in [7, 11) is 0. The fraction of sp³-hybridized carbons (Fsp3) is 0.692. The number of amides is 1. The lowest BCUT2D eigenvalue weighted by atomic mass is 10.2. The number of hydrogen-bond acceptors (Lipinski definition) is 5. The molecule has 1 aliphatic heterocycles. The molecule has 2 rings (SSSR count). The van der Waals surface area contributed by atoms with Crippen LogP contribution in [0, 0.1) is 24.0 Å². The maximum atomic E-state index is 12.2. The molecule has 0 aromatic carbocycles. The minimum atomic E-state index is -0.430. The molecule has 0 saturated carbocycles. The SMILES string of the molecule is Cc1nn(CCC(=O)N2CCCC2CN)c(C)c1[N+](=O)[O-]. The maximum absolute atomic E-state index is 12.2. The summed E-state index contributed by atoms with van der Waals surface area (Å²) >= 11 is 0. The van der Waals surface area contributed by atoms with E-state index in [1.807, 2.05) is 4.90 Å². The zero-order chi connectivity index (χ0) is 15.6. The molecule has 21 heavy (non-hydrogen) atoms. The van der Waals surface area contributed by atoms with Crippen LogP contribution in [0.3, 0.4) is 0 Å². The predicted molar refractivity (Wildman–Crippen MR) is 76.8 cm³/mol. The van der Waals surface area contributed by atoms with E-state index in [0.717, 1.165) is 19.4 Å². The second-order valence-electron chi connectivity index (χ2n) is 5.37. The van der Waals surface area contributed by atoms with E-state index in [1.165, 1.54) is 0 Å². The number of nitro groups is 1. The Labute approximate surface area is 123 Å². The van der Waals surface area contributed by atoms with Crippen LogP contribution in [0.1, 0.15) is 30.7 Å². The molecule has 116 valence electrons. The van der Waals surface area contributed by atoms with E-state index >= 15 is 0 Å². The summed E-state index contributed by atoms with van der Waals surface area (Å²) in [6.07, 6.45) is 2.22. The minimum absolute atomic E-state index is 0.0310. The molecule has 2 N–H and O–H groups in total. The molecule has 0 bridgehead atoms. The highest BCUT2D eigenvalue weighted by Gasteiger charge is 2.28. The largest absolute Gasteiger partial charge is 0.338 e. The van der Waals surface area contributed by atoms with Crippen LogP contribution in [-0.2, 0) is 11.3 Å². The summed E-state index contributed by atoms with van der Waals surface area (Å²) in [6.45, 7) is 4.84. The first-order valence-corrected chi connectivity index (χ1v) is 7.13. The van der Waals surface area contributed by atoms with Crippen molar-refractivity contribution in [3.05, 3.63) is 21.5 Å². The molecule has 1 saturated heterocycles. The van der Waals surface area contributed by atoms with Crippen molar-refractivity contribution in [2.45, 2.75) is 45.7 Å². The summed E-state index contributed by atoms with van der Waals surface area (Å²) in [6, 6.07) is 0.132. The van der Waals surface area contributed by atoms with Crippen molar-refractivity contribution in [2.75, 3.05) is 13.1 Å². The van der Waals surface area contributed by atoms with Gasteiger partial charge in [-0.1, -0.05) is 0 Å². The molecule has 1 aromatic rings. The first-order valence-electron chi connectivity index (χ1n) is 7.13. The third kappa shape index (κ3) is 3.05. The van der Waals surface area contributed by atoms with Crippen molar-refractivity contribution in [1.29, 1.82) is 0 Å². The minimum Gasteiger partial charge on any atom is -0.338 e. The van der Waals surface area contributed by atoms with Gasteiger partial charge in [0.1, 0.15) is 11.4 Å². The molecule has 1 aliphatic rings. The summed E-state index contributed by atoms with van der Waals surface area (Å²) in [4.78, 5) is 24.6. The van der Waals surface area contributed by atoms with E-state index < -0.39 is 4.92 Å². The van der Waals surface area contributed by atoms with Gasteiger partial charge >= 0.3 is 5.69 Å². The predicted octanol–water partition coefficient (Wildman–Crippen LogP) is 0.748. The van der Waals surface area contributed by atoms with Gasteiger partial charge in [0, 0.05) is 25.6 Å². The Morgan fingerprint density at radius 3 is 2.81 bits per heavy atom. The van der Waals surface area contributed by atoms with E-state index in [0.29, 0.717) is 24.5 Å². The third-order valence-electron chi connectivity index (χ3n) is 4.03. The topological polar surface area (TPSA) is 107 Å². The molecule has 0 radical (unpaired) electrons. The van der Waals surface area contributed by atoms with Gasteiger partial charge in [0.2, 0.25) is 5.91 Å².